The van der Waals surface area contributed by atoms with Gasteiger partial charge in [-0.3, -0.25) is 9.59 Å². The number of benzene rings is 3. The summed E-state index contributed by atoms with van der Waals surface area (Å²) in [6.45, 7) is 3.55. The molecule has 5 nitrogen and oxygen atoms in total. The third-order valence-electron chi connectivity index (χ3n) is 5.70. The van der Waals surface area contributed by atoms with E-state index >= 15 is 0 Å². The van der Waals surface area contributed by atoms with Gasteiger partial charge in [-0.2, -0.15) is 0 Å². The molecule has 1 fully saturated rings. The normalized spacial score (nSPS) is 14.1. The zero-order valence-electron chi connectivity index (χ0n) is 18.3. The van der Waals surface area contributed by atoms with Crippen LogP contribution in [-0.4, -0.2) is 35.9 Å². The first-order valence-corrected chi connectivity index (χ1v) is 11.2. The van der Waals surface area contributed by atoms with Gasteiger partial charge in [-0.1, -0.05) is 49.4 Å². The van der Waals surface area contributed by atoms with E-state index in [1.165, 1.54) is 0 Å². The molecule has 0 spiro atoms. The Labute approximate surface area is 189 Å². The second kappa shape index (κ2) is 10.1. The number of carbonyl (C=O) groups is 2. The number of rotatable bonds is 7. The van der Waals surface area contributed by atoms with Crippen LogP contribution in [0.3, 0.4) is 0 Å². The molecule has 1 heterocycles. The summed E-state index contributed by atoms with van der Waals surface area (Å²) in [6.07, 6.45) is 2.06. The molecule has 3 aromatic rings. The van der Waals surface area contributed by atoms with Gasteiger partial charge in [0.1, 0.15) is 5.75 Å². The van der Waals surface area contributed by atoms with Crippen LogP contribution in [0.1, 0.15) is 36.5 Å². The van der Waals surface area contributed by atoms with Crippen LogP contribution in [0.25, 0.3) is 11.1 Å². The van der Waals surface area contributed by atoms with E-state index in [9.17, 15) is 9.59 Å². The largest absolute Gasteiger partial charge is 0.481 e. The van der Waals surface area contributed by atoms with E-state index in [1.54, 1.807) is 24.3 Å². The highest BCUT2D eigenvalue weighted by Gasteiger charge is 2.21. The molecule has 1 atom stereocenters. The van der Waals surface area contributed by atoms with E-state index in [4.69, 9.17) is 4.74 Å². The number of hydrogen-bond acceptors (Lipinski definition) is 3. The average Bonchev–Trinajstić information content (AvgIpc) is 3.38. The molecule has 1 aliphatic heterocycles. The minimum Gasteiger partial charge on any atom is -0.481 e. The number of nitrogens with zero attached hydrogens (tertiary/aromatic N) is 1. The number of hydrogen-bond donors (Lipinski definition) is 1. The van der Waals surface area contributed by atoms with Crippen molar-refractivity contribution in [1.82, 2.24) is 4.90 Å². The van der Waals surface area contributed by atoms with Gasteiger partial charge in [-0.05, 0) is 66.8 Å². The lowest BCUT2D eigenvalue weighted by Crippen LogP contribution is -2.32. The van der Waals surface area contributed by atoms with Gasteiger partial charge in [0.25, 0.3) is 11.8 Å². The molecule has 5 heteroatoms. The predicted octanol–water partition coefficient (Wildman–Crippen LogP) is 5.39. The fraction of sp³-hybridized carbons (Fsp3) is 0.259. The van der Waals surface area contributed by atoms with E-state index in [-0.39, 0.29) is 11.8 Å². The van der Waals surface area contributed by atoms with E-state index in [0.717, 1.165) is 37.1 Å². The lowest BCUT2D eigenvalue weighted by molar-refractivity contribution is -0.122. The topological polar surface area (TPSA) is 58.6 Å². The zero-order chi connectivity index (χ0) is 22.3. The van der Waals surface area contributed by atoms with Crippen molar-refractivity contribution in [3.63, 3.8) is 0 Å². The summed E-state index contributed by atoms with van der Waals surface area (Å²) < 4.78 is 5.95. The van der Waals surface area contributed by atoms with Gasteiger partial charge in [0.05, 0.1) is 0 Å². The van der Waals surface area contributed by atoms with Crippen LogP contribution in [0.5, 0.6) is 5.75 Å². The predicted molar refractivity (Wildman–Crippen MR) is 127 cm³/mol. The van der Waals surface area contributed by atoms with Crippen LogP contribution in [-0.2, 0) is 4.79 Å². The van der Waals surface area contributed by atoms with Crippen LogP contribution in [0, 0.1) is 0 Å². The van der Waals surface area contributed by atoms with Crippen molar-refractivity contribution in [3.05, 3.63) is 84.4 Å². The van der Waals surface area contributed by atoms with Gasteiger partial charge in [-0.15, -0.1) is 0 Å². The van der Waals surface area contributed by atoms with Crippen molar-refractivity contribution in [2.45, 2.75) is 32.3 Å². The van der Waals surface area contributed by atoms with Crippen molar-refractivity contribution < 1.29 is 14.3 Å². The summed E-state index contributed by atoms with van der Waals surface area (Å²) in [5.41, 5.74) is 3.52. The monoisotopic (exact) mass is 428 g/mol. The van der Waals surface area contributed by atoms with Crippen LogP contribution in [0.15, 0.2) is 78.9 Å². The third-order valence-corrected chi connectivity index (χ3v) is 5.70. The second-order valence-corrected chi connectivity index (χ2v) is 7.97. The molecule has 4 rings (SSSR count). The summed E-state index contributed by atoms with van der Waals surface area (Å²) in [4.78, 5) is 27.1. The van der Waals surface area contributed by atoms with Crippen LogP contribution >= 0.6 is 0 Å². The third kappa shape index (κ3) is 5.17. The lowest BCUT2D eigenvalue weighted by atomic mass is 10.1. The van der Waals surface area contributed by atoms with Crippen LogP contribution < -0.4 is 10.1 Å². The number of nitrogens with one attached hydrogen (secondary N) is 1. The molecular formula is C27H28N2O3. The summed E-state index contributed by atoms with van der Waals surface area (Å²) in [5, 5.41) is 2.90. The molecule has 0 radical (unpaired) electrons. The highest BCUT2D eigenvalue weighted by molar-refractivity contribution is 5.97. The second-order valence-electron chi connectivity index (χ2n) is 7.97. The summed E-state index contributed by atoms with van der Waals surface area (Å²) >= 11 is 0. The maximum absolute atomic E-state index is 12.8. The van der Waals surface area contributed by atoms with Gasteiger partial charge in [0.15, 0.2) is 6.10 Å². The molecule has 1 unspecified atom stereocenters. The summed E-state index contributed by atoms with van der Waals surface area (Å²) in [7, 11) is 0. The summed E-state index contributed by atoms with van der Waals surface area (Å²) in [6, 6.07) is 24.9. The molecule has 1 N–H and O–H groups in total. The minimum atomic E-state index is -0.608. The average molecular weight is 429 g/mol. The molecule has 0 aromatic heterocycles. The first kappa shape index (κ1) is 21.6. The minimum absolute atomic E-state index is 0.0501. The number of carbonyl (C=O) groups excluding carboxylic acids is 2. The van der Waals surface area contributed by atoms with Crippen molar-refractivity contribution in [2.75, 3.05) is 18.4 Å². The molecule has 2 amide bonds. The number of likely N-dealkylation sites (tertiary alicyclic amines) is 1. The van der Waals surface area contributed by atoms with Gasteiger partial charge < -0.3 is 15.0 Å². The molecule has 164 valence electrons. The molecule has 0 bridgehead atoms. The van der Waals surface area contributed by atoms with Gasteiger partial charge in [0, 0.05) is 24.3 Å². The SMILES string of the molecule is CCC(Oc1ccc(-c2ccccc2)cc1)C(=O)Nc1ccc(C(=O)N2CCCC2)cc1. The van der Waals surface area contributed by atoms with Crippen molar-refractivity contribution in [3.8, 4) is 16.9 Å². The molecule has 1 saturated heterocycles. The Bertz CT molecular complexity index is 1040. The van der Waals surface area contributed by atoms with Crippen LogP contribution in [0.4, 0.5) is 5.69 Å². The fourth-order valence-electron chi connectivity index (χ4n) is 3.86. The molecular weight excluding hydrogens is 400 g/mol. The Morgan fingerprint density at radius 2 is 1.50 bits per heavy atom. The van der Waals surface area contributed by atoms with Crippen molar-refractivity contribution >= 4 is 17.5 Å². The smallest absolute Gasteiger partial charge is 0.265 e. The van der Waals surface area contributed by atoms with Gasteiger partial charge >= 0.3 is 0 Å². The van der Waals surface area contributed by atoms with E-state index in [0.29, 0.717) is 23.4 Å². The molecule has 32 heavy (non-hydrogen) atoms. The molecule has 1 aliphatic rings. The lowest BCUT2D eigenvalue weighted by Gasteiger charge is -2.18. The van der Waals surface area contributed by atoms with E-state index in [2.05, 4.69) is 17.4 Å². The maximum Gasteiger partial charge on any atom is 0.265 e. The quantitative estimate of drug-likeness (QED) is 0.549. The van der Waals surface area contributed by atoms with Crippen LogP contribution in [0.2, 0.25) is 0 Å². The Hall–Kier alpha value is -3.60. The van der Waals surface area contributed by atoms with E-state index in [1.807, 2.05) is 54.3 Å². The maximum atomic E-state index is 12.8. The molecule has 0 saturated carbocycles. The molecule has 0 aliphatic carbocycles. The highest BCUT2D eigenvalue weighted by Crippen LogP contribution is 2.23. The molecule has 3 aromatic carbocycles. The Kier molecular flexibility index (Phi) is 6.85. The Balaban J connectivity index is 1.36. The highest BCUT2D eigenvalue weighted by atomic mass is 16.5. The van der Waals surface area contributed by atoms with Gasteiger partial charge in [0.2, 0.25) is 0 Å². The zero-order valence-corrected chi connectivity index (χ0v) is 18.3. The first-order valence-electron chi connectivity index (χ1n) is 11.2. The number of amides is 2. The summed E-state index contributed by atoms with van der Waals surface area (Å²) in [5.74, 6) is 0.491. The fourth-order valence-corrected chi connectivity index (χ4v) is 3.86. The number of anilines is 1. The number of ether oxygens (including phenoxy) is 1. The Morgan fingerprint density at radius 3 is 2.12 bits per heavy atom. The Morgan fingerprint density at radius 1 is 0.875 bits per heavy atom. The van der Waals surface area contributed by atoms with Gasteiger partial charge in [-0.25, -0.2) is 0 Å². The van der Waals surface area contributed by atoms with Crippen molar-refractivity contribution in [2.24, 2.45) is 0 Å². The first-order chi connectivity index (χ1) is 15.6. The van der Waals surface area contributed by atoms with E-state index < -0.39 is 6.10 Å². The standard InChI is InChI=1S/C27H28N2O3/c1-2-25(32-24-16-12-21(13-17-24)20-8-4-3-5-9-20)26(30)28-23-14-10-22(11-15-23)27(31)29-18-6-7-19-29/h3-5,8-17,25H,2,6-7,18-19H2,1H3,(H,28,30). The van der Waals surface area contributed by atoms with Crippen molar-refractivity contribution in [1.29, 1.82) is 0 Å².